The van der Waals surface area contributed by atoms with Crippen LogP contribution in [-0.2, 0) is 15.1 Å². The fourth-order valence-corrected chi connectivity index (χ4v) is 5.74. The molecule has 0 aliphatic carbocycles. The van der Waals surface area contributed by atoms with Crippen molar-refractivity contribution in [3.63, 3.8) is 0 Å². The maximum Gasteiger partial charge on any atom is 0.422 e. The maximum absolute atomic E-state index is 13.8. The Kier molecular flexibility index (Phi) is 6.27. The molecule has 0 fully saturated rings. The third-order valence-corrected chi connectivity index (χ3v) is 7.63. The highest BCUT2D eigenvalue weighted by atomic mass is 32.2. The number of hydrogen-bond acceptors (Lipinski definition) is 8. The van der Waals surface area contributed by atoms with E-state index in [-0.39, 0.29) is 9.92 Å². The smallest absolute Gasteiger partial charge is 0.422 e. The summed E-state index contributed by atoms with van der Waals surface area (Å²) in [5, 5.41) is 11.2. The highest BCUT2D eigenvalue weighted by Gasteiger charge is 2.58. The first kappa shape index (κ1) is 24.3. The van der Waals surface area contributed by atoms with E-state index in [9.17, 15) is 27.5 Å². The fraction of sp³-hybridized carbons (Fsp3) is 0.167. The molecule has 0 bridgehead atoms. The third kappa shape index (κ3) is 4.71. The van der Waals surface area contributed by atoms with Crippen molar-refractivity contribution in [3.8, 4) is 11.1 Å². The number of thiazole rings is 1. The number of fused-ring (bicyclic) bond motifs is 1. The van der Waals surface area contributed by atoms with Gasteiger partial charge in [-0.25, -0.2) is 14.2 Å². The van der Waals surface area contributed by atoms with Crippen molar-refractivity contribution in [2.75, 3.05) is 0 Å². The molecule has 3 heterocycles. The number of alkyl halides is 3. The largest absolute Gasteiger partial charge is 0.459 e. The van der Waals surface area contributed by atoms with Gasteiger partial charge >= 0.3 is 11.8 Å². The van der Waals surface area contributed by atoms with E-state index in [1.165, 1.54) is 18.2 Å². The minimum atomic E-state index is -5.00. The first-order valence-corrected chi connectivity index (χ1v) is 12.0. The number of aliphatic hydroxyl groups is 1. The zero-order valence-electron chi connectivity index (χ0n) is 18.0. The van der Waals surface area contributed by atoms with Crippen LogP contribution >= 0.6 is 23.1 Å². The molecule has 4 aromatic rings. The molecule has 1 N–H and O–H groups in total. The molecule has 0 saturated heterocycles. The van der Waals surface area contributed by atoms with Crippen molar-refractivity contribution in [1.29, 1.82) is 0 Å². The lowest BCUT2D eigenvalue weighted by Gasteiger charge is -2.30. The van der Waals surface area contributed by atoms with Gasteiger partial charge in [0.05, 0.1) is 11.3 Å². The Morgan fingerprint density at radius 2 is 1.78 bits per heavy atom. The van der Waals surface area contributed by atoms with Crippen molar-refractivity contribution < 1.29 is 36.6 Å². The summed E-state index contributed by atoms with van der Waals surface area (Å²) in [4.78, 5) is 16.3. The Morgan fingerprint density at radius 3 is 2.47 bits per heavy atom. The molecule has 36 heavy (non-hydrogen) atoms. The van der Waals surface area contributed by atoms with E-state index in [0.29, 0.717) is 32.7 Å². The van der Waals surface area contributed by atoms with E-state index in [0.717, 1.165) is 30.5 Å². The van der Waals surface area contributed by atoms with Crippen LogP contribution in [-0.4, -0.2) is 22.6 Å². The third-order valence-electron chi connectivity index (χ3n) is 5.42. The van der Waals surface area contributed by atoms with E-state index in [2.05, 4.69) is 4.98 Å². The molecule has 0 spiro atoms. The monoisotopic (exact) mass is 537 g/mol. The van der Waals surface area contributed by atoms with Crippen LogP contribution in [0.2, 0.25) is 0 Å². The summed E-state index contributed by atoms with van der Waals surface area (Å²) in [5.74, 6) is -0.412. The van der Waals surface area contributed by atoms with E-state index in [1.807, 2.05) is 0 Å². The lowest BCUT2D eigenvalue weighted by molar-refractivity contribution is -0.281. The molecule has 12 heteroatoms. The van der Waals surface area contributed by atoms with Crippen LogP contribution < -0.4 is 5.63 Å². The highest BCUT2D eigenvalue weighted by Crippen LogP contribution is 2.47. The number of nitrogens with zero attached hydrogens (tertiary/aromatic N) is 1. The molecule has 186 valence electrons. The number of rotatable bonds is 6. The highest BCUT2D eigenvalue weighted by molar-refractivity contribution is 8.01. The summed E-state index contributed by atoms with van der Waals surface area (Å²) in [5.41, 5.74) is -2.41. The Hall–Kier alpha value is -3.35. The molecule has 5 rings (SSSR count). The molecule has 0 amide bonds. The van der Waals surface area contributed by atoms with Gasteiger partial charge in [0.25, 0.3) is 0 Å². The van der Waals surface area contributed by atoms with Crippen LogP contribution in [0.3, 0.4) is 0 Å². The molecule has 0 radical (unpaired) electrons. The molecule has 1 atom stereocenters. The van der Waals surface area contributed by atoms with Gasteiger partial charge < -0.3 is 19.0 Å². The lowest BCUT2D eigenvalue weighted by Crippen LogP contribution is -2.44. The first-order valence-electron chi connectivity index (χ1n) is 10.4. The number of aromatic nitrogens is 1. The zero-order valence-corrected chi connectivity index (χ0v) is 19.6. The van der Waals surface area contributed by atoms with Crippen molar-refractivity contribution in [2.24, 2.45) is 0 Å². The number of benzene rings is 2. The quantitative estimate of drug-likeness (QED) is 0.232. The molecule has 1 unspecified atom stereocenters. The Morgan fingerprint density at radius 1 is 1.06 bits per heavy atom. The van der Waals surface area contributed by atoms with Crippen LogP contribution in [0.1, 0.15) is 11.3 Å². The molecule has 2 aromatic heterocycles. The van der Waals surface area contributed by atoms with Crippen LogP contribution in [0.25, 0.3) is 22.1 Å². The van der Waals surface area contributed by atoms with Gasteiger partial charge in [-0.15, -0.1) is 11.3 Å². The molecular weight excluding hydrogens is 522 g/mol. The Balaban J connectivity index is 1.44. The average Bonchev–Trinajstić information content (AvgIpc) is 3.50. The van der Waals surface area contributed by atoms with Crippen LogP contribution in [0.4, 0.5) is 17.6 Å². The summed E-state index contributed by atoms with van der Waals surface area (Å²) < 4.78 is 70.2. The molecular formula is C24H15F4NO5S2. The summed E-state index contributed by atoms with van der Waals surface area (Å²) in [6, 6.07) is 11.9. The summed E-state index contributed by atoms with van der Waals surface area (Å²) >= 11 is 1.72. The minimum absolute atomic E-state index is 0.232. The first-order chi connectivity index (χ1) is 17.1. The molecule has 6 nitrogen and oxygen atoms in total. The maximum atomic E-state index is 13.8. The van der Waals surface area contributed by atoms with E-state index >= 15 is 0 Å². The second kappa shape index (κ2) is 9.26. The van der Waals surface area contributed by atoms with Gasteiger partial charge in [0.15, 0.2) is 4.34 Å². The van der Waals surface area contributed by atoms with Gasteiger partial charge in [0, 0.05) is 22.5 Å². The van der Waals surface area contributed by atoms with E-state index in [1.54, 1.807) is 30.3 Å². The predicted octanol–water partition coefficient (Wildman–Crippen LogP) is 6.19. The standard InChI is InChI=1S/C24H15F4NO5S2/c25-14-3-1-13(2-4-14)17-10-20(30)34-18-9-15(5-6-16(17)18)35-22-29-12-19(36-22)23(31,24(26,27)28)11-21-32-7-8-33-21/h1-10,12,21,31H,11H2. The zero-order chi connectivity index (χ0) is 25.5. The topological polar surface area (TPSA) is 81.8 Å². The average molecular weight is 538 g/mol. The molecule has 1 aliphatic rings. The van der Waals surface area contributed by atoms with Crippen LogP contribution in [0.15, 0.2) is 85.7 Å². The number of ether oxygens (including phenoxy) is 2. The normalized spacial score (nSPS) is 15.6. The lowest BCUT2D eigenvalue weighted by atomic mass is 9.97. The summed E-state index contributed by atoms with van der Waals surface area (Å²) in [6.45, 7) is 0. The second-order valence-electron chi connectivity index (χ2n) is 7.77. The second-order valence-corrected chi connectivity index (χ2v) is 10.1. The minimum Gasteiger partial charge on any atom is -0.459 e. The van der Waals surface area contributed by atoms with Gasteiger partial charge in [-0.2, -0.15) is 13.2 Å². The molecule has 0 saturated carbocycles. The van der Waals surface area contributed by atoms with Crippen molar-refractivity contribution in [3.05, 3.63) is 88.4 Å². The SMILES string of the molecule is O=c1cc(-c2ccc(F)cc2)c2ccc(Sc3ncc(C(O)(CC4OC=CO4)C(F)(F)F)s3)cc2o1. The van der Waals surface area contributed by atoms with Crippen LogP contribution in [0, 0.1) is 5.82 Å². The van der Waals surface area contributed by atoms with Gasteiger partial charge in [0.1, 0.15) is 23.9 Å². The fourth-order valence-electron chi connectivity index (χ4n) is 3.64. The summed E-state index contributed by atoms with van der Waals surface area (Å²) in [6.07, 6.45) is -3.97. The van der Waals surface area contributed by atoms with Gasteiger partial charge in [0.2, 0.25) is 11.9 Å². The van der Waals surface area contributed by atoms with Crippen molar-refractivity contribution in [2.45, 2.75) is 33.7 Å². The van der Waals surface area contributed by atoms with Gasteiger partial charge in [-0.05, 0) is 41.5 Å². The van der Waals surface area contributed by atoms with Crippen molar-refractivity contribution >= 4 is 34.1 Å². The number of halogens is 4. The molecule has 1 aliphatic heterocycles. The van der Waals surface area contributed by atoms with Crippen molar-refractivity contribution in [1.82, 2.24) is 4.98 Å². The Bertz CT molecular complexity index is 1490. The predicted molar refractivity (Wildman–Crippen MR) is 124 cm³/mol. The van der Waals surface area contributed by atoms with Gasteiger partial charge in [-0.1, -0.05) is 23.9 Å². The van der Waals surface area contributed by atoms with E-state index in [4.69, 9.17) is 13.9 Å². The van der Waals surface area contributed by atoms with E-state index < -0.39 is 40.8 Å². The molecule has 2 aromatic carbocycles. The number of hydrogen-bond donors (Lipinski definition) is 1. The Labute approximate surface area is 208 Å². The van der Waals surface area contributed by atoms with Crippen LogP contribution in [0.5, 0.6) is 0 Å². The van der Waals surface area contributed by atoms with Gasteiger partial charge in [-0.3, -0.25) is 0 Å². The summed E-state index contributed by atoms with van der Waals surface area (Å²) in [7, 11) is 0.